The molecule has 0 bridgehead atoms. The highest BCUT2D eigenvalue weighted by molar-refractivity contribution is 5.97. The van der Waals surface area contributed by atoms with Gasteiger partial charge in [-0.2, -0.15) is 4.98 Å². The molecule has 178 valence electrons. The molecule has 10 heteroatoms. The third kappa shape index (κ3) is 4.82. The molecule has 2 aromatic heterocycles. The van der Waals surface area contributed by atoms with E-state index in [1.165, 1.54) is 0 Å². The first kappa shape index (κ1) is 22.5. The number of anilines is 3. The predicted molar refractivity (Wildman–Crippen MR) is 130 cm³/mol. The lowest BCUT2D eigenvalue weighted by Crippen LogP contribution is -2.31. The first-order valence-corrected chi connectivity index (χ1v) is 11.4. The molecule has 2 aromatic carbocycles. The van der Waals surface area contributed by atoms with Gasteiger partial charge in [0.15, 0.2) is 0 Å². The van der Waals surface area contributed by atoms with Gasteiger partial charge in [-0.15, -0.1) is 10.2 Å². The lowest BCUT2D eigenvalue weighted by molar-refractivity contribution is 0.0946. The van der Waals surface area contributed by atoms with Gasteiger partial charge in [-0.3, -0.25) is 4.79 Å². The maximum absolute atomic E-state index is 12.0. The molecule has 0 aliphatic carbocycles. The molecule has 4 N–H and O–H groups in total. The summed E-state index contributed by atoms with van der Waals surface area (Å²) in [6, 6.07) is 14.7. The number of aliphatic hydroxyl groups excluding tert-OH is 1. The minimum absolute atomic E-state index is 0.0631. The number of carbonyl (C=O) groups excluding carboxylic acids is 1. The number of rotatable bonds is 8. The van der Waals surface area contributed by atoms with Gasteiger partial charge in [0.25, 0.3) is 11.8 Å². The average Bonchev–Trinajstić information content (AvgIpc) is 3.37. The van der Waals surface area contributed by atoms with Crippen LogP contribution in [0.5, 0.6) is 0 Å². The summed E-state index contributed by atoms with van der Waals surface area (Å²) >= 11 is 0. The maximum Gasteiger partial charge on any atom is 0.253 e. The van der Waals surface area contributed by atoms with Crippen LogP contribution in [0.3, 0.4) is 0 Å². The maximum atomic E-state index is 12.0. The van der Waals surface area contributed by atoms with E-state index in [0.717, 1.165) is 23.2 Å². The number of hydrogen-bond acceptors (Lipinski definition) is 9. The fourth-order valence-electron chi connectivity index (χ4n) is 3.93. The van der Waals surface area contributed by atoms with Gasteiger partial charge in [0.05, 0.1) is 18.2 Å². The zero-order valence-corrected chi connectivity index (χ0v) is 19.2. The average molecular weight is 472 g/mol. The van der Waals surface area contributed by atoms with E-state index in [1.807, 2.05) is 49.4 Å². The number of benzene rings is 2. The van der Waals surface area contributed by atoms with Crippen LogP contribution >= 0.6 is 0 Å². The molecule has 0 unspecified atom stereocenters. The first-order chi connectivity index (χ1) is 17.1. The Morgan fingerprint density at radius 1 is 1.14 bits per heavy atom. The highest BCUT2D eigenvalue weighted by Crippen LogP contribution is 2.30. The van der Waals surface area contributed by atoms with Crippen molar-refractivity contribution in [2.45, 2.75) is 25.8 Å². The fourth-order valence-corrected chi connectivity index (χ4v) is 3.93. The Bertz CT molecular complexity index is 1340. The van der Waals surface area contributed by atoms with Crippen molar-refractivity contribution in [2.75, 3.05) is 23.8 Å². The summed E-state index contributed by atoms with van der Waals surface area (Å²) in [4.78, 5) is 21.2. The summed E-state index contributed by atoms with van der Waals surface area (Å²) in [5.74, 6) is 1.52. The molecule has 0 radical (unpaired) electrons. The van der Waals surface area contributed by atoms with Gasteiger partial charge < -0.3 is 25.5 Å². The van der Waals surface area contributed by atoms with Crippen LogP contribution in [-0.4, -0.2) is 44.3 Å². The standard InChI is InChI=1S/C25H25N7O3/c1-2-21-31-32-24(35-21)19-13-27-25(28-17-8-9-18-16(12-17)10-11-26-23(18)34)30-22(19)29-20(14-33)15-6-4-3-5-7-15/h3-9,12-13,20,33H,2,10-11,14H2,1H3,(H,26,34)(H2,27,28,29,30)/t20-/m1/s1. The third-order valence-corrected chi connectivity index (χ3v) is 5.77. The second-order valence-corrected chi connectivity index (χ2v) is 8.10. The Morgan fingerprint density at radius 3 is 2.77 bits per heavy atom. The van der Waals surface area contributed by atoms with Crippen LogP contribution in [0.4, 0.5) is 17.5 Å². The molecule has 5 rings (SSSR count). The summed E-state index contributed by atoms with van der Waals surface area (Å²) in [6.07, 6.45) is 2.97. The number of nitrogens with zero attached hydrogens (tertiary/aromatic N) is 4. The summed E-state index contributed by atoms with van der Waals surface area (Å²) in [5.41, 5.74) is 3.85. The lowest BCUT2D eigenvalue weighted by atomic mass is 10.00. The van der Waals surface area contributed by atoms with Gasteiger partial charge >= 0.3 is 0 Å². The number of amides is 1. The second-order valence-electron chi connectivity index (χ2n) is 8.10. The summed E-state index contributed by atoms with van der Waals surface area (Å²) in [7, 11) is 0. The molecule has 1 amide bonds. The smallest absolute Gasteiger partial charge is 0.253 e. The topological polar surface area (TPSA) is 138 Å². The van der Waals surface area contributed by atoms with E-state index in [1.54, 1.807) is 12.3 Å². The van der Waals surface area contributed by atoms with Crippen molar-refractivity contribution in [2.24, 2.45) is 0 Å². The molecular weight excluding hydrogens is 446 g/mol. The molecule has 4 aromatic rings. The molecule has 10 nitrogen and oxygen atoms in total. The first-order valence-electron chi connectivity index (χ1n) is 11.4. The molecule has 1 aliphatic heterocycles. The normalized spacial score (nSPS) is 13.6. The number of hydrogen-bond donors (Lipinski definition) is 4. The predicted octanol–water partition coefficient (Wildman–Crippen LogP) is 3.26. The molecular formula is C25H25N7O3. The van der Waals surface area contributed by atoms with Crippen LogP contribution in [0.15, 0.2) is 59.1 Å². The van der Waals surface area contributed by atoms with Crippen LogP contribution in [0.1, 0.15) is 40.3 Å². The minimum Gasteiger partial charge on any atom is -0.421 e. The Hall–Kier alpha value is -4.31. The number of aliphatic hydroxyl groups is 1. The SMILES string of the molecule is CCc1nnc(-c2cnc(Nc3ccc4c(c3)CCNC4=O)nc2N[C@H](CO)c2ccccc2)o1. The minimum atomic E-state index is -0.409. The number of carbonyl (C=O) groups is 1. The van der Waals surface area contributed by atoms with Crippen molar-refractivity contribution in [3.63, 3.8) is 0 Å². The van der Waals surface area contributed by atoms with Crippen LogP contribution in [0.2, 0.25) is 0 Å². The van der Waals surface area contributed by atoms with Gasteiger partial charge in [0.2, 0.25) is 11.8 Å². The third-order valence-electron chi connectivity index (χ3n) is 5.77. The molecule has 0 saturated carbocycles. The van der Waals surface area contributed by atoms with Crippen LogP contribution < -0.4 is 16.0 Å². The van der Waals surface area contributed by atoms with E-state index in [-0.39, 0.29) is 12.5 Å². The molecule has 0 spiro atoms. The zero-order chi connectivity index (χ0) is 24.2. The quantitative estimate of drug-likeness (QED) is 0.305. The van der Waals surface area contributed by atoms with Gasteiger partial charge in [-0.05, 0) is 35.7 Å². The van der Waals surface area contributed by atoms with E-state index < -0.39 is 6.04 Å². The lowest BCUT2D eigenvalue weighted by Gasteiger charge is -2.20. The summed E-state index contributed by atoms with van der Waals surface area (Å²) < 4.78 is 5.75. The molecule has 1 atom stereocenters. The van der Waals surface area contributed by atoms with Crippen molar-refractivity contribution < 1.29 is 14.3 Å². The Morgan fingerprint density at radius 2 is 2.00 bits per heavy atom. The van der Waals surface area contributed by atoms with Crippen molar-refractivity contribution in [3.05, 3.63) is 77.3 Å². The highest BCUT2D eigenvalue weighted by Gasteiger charge is 2.20. The Kier molecular flexibility index (Phi) is 6.36. The van der Waals surface area contributed by atoms with Gasteiger partial charge in [-0.1, -0.05) is 37.3 Å². The number of fused-ring (bicyclic) bond motifs is 1. The fraction of sp³-hybridized carbons (Fsp3) is 0.240. The van der Waals surface area contributed by atoms with E-state index >= 15 is 0 Å². The number of nitrogens with one attached hydrogen (secondary N) is 3. The number of aryl methyl sites for hydroxylation is 1. The largest absolute Gasteiger partial charge is 0.421 e. The van der Waals surface area contributed by atoms with Gasteiger partial charge in [0.1, 0.15) is 5.82 Å². The highest BCUT2D eigenvalue weighted by atomic mass is 16.4. The Labute approximate surface area is 201 Å². The molecule has 1 aliphatic rings. The van der Waals surface area contributed by atoms with Crippen molar-refractivity contribution in [3.8, 4) is 11.5 Å². The number of aromatic nitrogens is 4. The Balaban J connectivity index is 1.48. The van der Waals surface area contributed by atoms with E-state index in [9.17, 15) is 9.90 Å². The van der Waals surface area contributed by atoms with Crippen molar-refractivity contribution in [1.82, 2.24) is 25.5 Å². The van der Waals surface area contributed by atoms with Crippen molar-refractivity contribution in [1.29, 1.82) is 0 Å². The molecule has 35 heavy (non-hydrogen) atoms. The summed E-state index contributed by atoms with van der Waals surface area (Å²) in [5, 5.41) is 27.6. The summed E-state index contributed by atoms with van der Waals surface area (Å²) in [6.45, 7) is 2.40. The van der Waals surface area contributed by atoms with E-state index in [0.29, 0.717) is 47.6 Å². The van der Waals surface area contributed by atoms with Crippen LogP contribution in [0.25, 0.3) is 11.5 Å². The van der Waals surface area contributed by atoms with Gasteiger partial charge in [-0.25, -0.2) is 4.98 Å². The van der Waals surface area contributed by atoms with E-state index in [4.69, 9.17) is 4.42 Å². The van der Waals surface area contributed by atoms with Gasteiger partial charge in [0, 0.05) is 30.4 Å². The molecule has 3 heterocycles. The van der Waals surface area contributed by atoms with E-state index in [2.05, 4.69) is 36.1 Å². The van der Waals surface area contributed by atoms with Crippen molar-refractivity contribution >= 4 is 23.4 Å². The molecule has 0 saturated heterocycles. The molecule has 0 fully saturated rings. The zero-order valence-electron chi connectivity index (χ0n) is 19.2. The van der Waals surface area contributed by atoms with Crippen LogP contribution in [0, 0.1) is 0 Å². The second kappa shape index (κ2) is 9.90. The monoisotopic (exact) mass is 471 g/mol. The van der Waals surface area contributed by atoms with Crippen LogP contribution in [-0.2, 0) is 12.8 Å².